The van der Waals surface area contributed by atoms with Crippen LogP contribution in [0.3, 0.4) is 0 Å². The Labute approximate surface area is 141 Å². The Bertz CT molecular complexity index is 556. The molecule has 0 saturated heterocycles. The van der Waals surface area contributed by atoms with Crippen LogP contribution in [-0.2, 0) is 4.74 Å². The number of alkyl halides is 7. The zero-order valence-electron chi connectivity index (χ0n) is 14.0. The van der Waals surface area contributed by atoms with Gasteiger partial charge in [-0.1, -0.05) is 18.2 Å². The van der Waals surface area contributed by atoms with Crippen LogP contribution >= 0.6 is 0 Å². The van der Waals surface area contributed by atoms with Crippen LogP contribution in [0.2, 0.25) is 0 Å². The quantitative estimate of drug-likeness (QED) is 0.561. The highest BCUT2D eigenvalue weighted by molar-refractivity contribution is 5.54. The lowest BCUT2D eigenvalue weighted by molar-refractivity contribution is -0.358. The minimum Gasteiger partial charge on any atom is -0.376 e. The minimum atomic E-state index is -6.35. The van der Waals surface area contributed by atoms with E-state index in [2.05, 4.69) is 0 Å². The molecule has 0 amide bonds. The molecule has 9 heteroatoms. The molecule has 0 aliphatic carbocycles. The SMILES string of the molecule is CCN(CC)c1ccccc1C(CC(F)(F)C(F)(F)C(F)(F)F)OC. The average Bonchev–Trinajstić information content (AvgIpc) is 2.53. The number of ether oxygens (including phenoxy) is 1. The zero-order chi connectivity index (χ0) is 19.5. The molecule has 0 heterocycles. The minimum absolute atomic E-state index is 0.131. The Balaban J connectivity index is 3.25. The third kappa shape index (κ3) is 4.37. The van der Waals surface area contributed by atoms with Gasteiger partial charge in [0.25, 0.3) is 0 Å². The fourth-order valence-electron chi connectivity index (χ4n) is 2.50. The van der Waals surface area contributed by atoms with Crippen molar-refractivity contribution < 1.29 is 35.5 Å². The molecule has 0 radical (unpaired) electrons. The van der Waals surface area contributed by atoms with E-state index in [1.54, 1.807) is 30.9 Å². The number of hydrogen-bond donors (Lipinski definition) is 0. The van der Waals surface area contributed by atoms with Gasteiger partial charge in [0.05, 0.1) is 6.10 Å². The maximum absolute atomic E-state index is 13.8. The van der Waals surface area contributed by atoms with Crippen LogP contribution in [0.1, 0.15) is 31.9 Å². The smallest absolute Gasteiger partial charge is 0.376 e. The van der Waals surface area contributed by atoms with Crippen LogP contribution in [0.15, 0.2) is 24.3 Å². The Morgan fingerprint density at radius 1 is 0.960 bits per heavy atom. The predicted octanol–water partition coefficient (Wildman–Crippen LogP) is 5.44. The first kappa shape index (κ1) is 21.5. The van der Waals surface area contributed by atoms with E-state index >= 15 is 0 Å². The first-order valence-corrected chi connectivity index (χ1v) is 7.61. The molecule has 0 N–H and O–H groups in total. The highest BCUT2D eigenvalue weighted by Gasteiger charge is 2.73. The van der Waals surface area contributed by atoms with E-state index in [1.807, 2.05) is 0 Å². The summed E-state index contributed by atoms with van der Waals surface area (Å²) in [6.45, 7) is 4.60. The van der Waals surface area contributed by atoms with Gasteiger partial charge in [-0.15, -0.1) is 0 Å². The fourth-order valence-corrected chi connectivity index (χ4v) is 2.50. The Morgan fingerprint density at radius 2 is 1.48 bits per heavy atom. The Kier molecular flexibility index (Phi) is 6.72. The third-order valence-electron chi connectivity index (χ3n) is 3.93. The molecule has 0 fully saturated rings. The van der Waals surface area contributed by atoms with E-state index in [0.717, 1.165) is 7.11 Å². The van der Waals surface area contributed by atoms with Gasteiger partial charge in [0.2, 0.25) is 0 Å². The van der Waals surface area contributed by atoms with Crippen molar-refractivity contribution in [3.05, 3.63) is 29.8 Å². The van der Waals surface area contributed by atoms with Gasteiger partial charge in [-0.05, 0) is 19.9 Å². The molecule has 0 saturated carbocycles. The molecule has 1 atom stereocenters. The summed E-state index contributed by atoms with van der Waals surface area (Å²) >= 11 is 0. The summed E-state index contributed by atoms with van der Waals surface area (Å²) in [6.07, 6.45) is -9.78. The molecule has 1 rings (SSSR count). The van der Waals surface area contributed by atoms with Crippen LogP contribution in [0, 0.1) is 0 Å². The maximum atomic E-state index is 13.8. The van der Waals surface area contributed by atoms with Crippen molar-refractivity contribution in [2.75, 3.05) is 25.1 Å². The highest BCUT2D eigenvalue weighted by atomic mass is 19.4. The molecule has 25 heavy (non-hydrogen) atoms. The van der Waals surface area contributed by atoms with Gasteiger partial charge in [0.1, 0.15) is 0 Å². The van der Waals surface area contributed by atoms with Gasteiger partial charge >= 0.3 is 18.0 Å². The third-order valence-corrected chi connectivity index (χ3v) is 3.93. The predicted molar refractivity (Wildman–Crippen MR) is 80.3 cm³/mol. The number of anilines is 1. The van der Waals surface area contributed by atoms with Crippen molar-refractivity contribution in [2.24, 2.45) is 0 Å². The monoisotopic (exact) mass is 375 g/mol. The number of methoxy groups -OCH3 is 1. The number of para-hydroxylation sites is 1. The van der Waals surface area contributed by atoms with E-state index in [9.17, 15) is 30.7 Å². The van der Waals surface area contributed by atoms with Crippen LogP contribution < -0.4 is 4.90 Å². The van der Waals surface area contributed by atoms with Crippen molar-refractivity contribution in [3.8, 4) is 0 Å². The lowest BCUT2D eigenvalue weighted by Gasteiger charge is -2.32. The first-order valence-electron chi connectivity index (χ1n) is 7.61. The summed E-state index contributed by atoms with van der Waals surface area (Å²) < 4.78 is 95.7. The summed E-state index contributed by atoms with van der Waals surface area (Å²) in [7, 11) is 0.992. The first-order chi connectivity index (χ1) is 11.4. The van der Waals surface area contributed by atoms with Crippen molar-refractivity contribution in [1.29, 1.82) is 0 Å². The normalized spacial score (nSPS) is 14.5. The van der Waals surface area contributed by atoms with Gasteiger partial charge in [-0.3, -0.25) is 0 Å². The van der Waals surface area contributed by atoms with Crippen LogP contribution in [0.5, 0.6) is 0 Å². The molecule has 1 aromatic carbocycles. The van der Waals surface area contributed by atoms with Gasteiger partial charge in [-0.25, -0.2) is 0 Å². The maximum Gasteiger partial charge on any atom is 0.459 e. The van der Waals surface area contributed by atoms with E-state index < -0.39 is 30.5 Å². The molecule has 0 bridgehead atoms. The van der Waals surface area contributed by atoms with Gasteiger partial charge in [0.15, 0.2) is 0 Å². The van der Waals surface area contributed by atoms with E-state index in [0.29, 0.717) is 18.8 Å². The van der Waals surface area contributed by atoms with Crippen molar-refractivity contribution in [3.63, 3.8) is 0 Å². The Hall–Kier alpha value is -1.51. The summed E-state index contributed by atoms with van der Waals surface area (Å²) in [4.78, 5) is 1.77. The fraction of sp³-hybridized carbons (Fsp3) is 0.625. The summed E-state index contributed by atoms with van der Waals surface area (Å²) in [5.41, 5.74) is 0.580. The van der Waals surface area contributed by atoms with Gasteiger partial charge in [-0.2, -0.15) is 30.7 Å². The van der Waals surface area contributed by atoms with Crippen LogP contribution in [-0.4, -0.2) is 38.2 Å². The molecule has 0 spiro atoms. The molecule has 0 aliphatic rings. The topological polar surface area (TPSA) is 12.5 Å². The van der Waals surface area contributed by atoms with Crippen molar-refractivity contribution >= 4 is 5.69 Å². The number of benzene rings is 1. The molecule has 1 aromatic rings. The molecule has 0 aliphatic heterocycles. The molecule has 2 nitrogen and oxygen atoms in total. The lowest BCUT2D eigenvalue weighted by Crippen LogP contribution is -2.52. The van der Waals surface area contributed by atoms with Crippen molar-refractivity contribution in [1.82, 2.24) is 0 Å². The largest absolute Gasteiger partial charge is 0.459 e. The van der Waals surface area contributed by atoms with Gasteiger partial charge < -0.3 is 9.64 Å². The van der Waals surface area contributed by atoms with Crippen LogP contribution in [0.25, 0.3) is 0 Å². The van der Waals surface area contributed by atoms with Crippen molar-refractivity contribution in [2.45, 2.75) is 44.4 Å². The molecular formula is C16H20F7NO. The number of hydrogen-bond acceptors (Lipinski definition) is 2. The second-order valence-electron chi connectivity index (χ2n) is 5.44. The summed E-state index contributed by atoms with van der Waals surface area (Å²) in [5, 5.41) is 0. The van der Waals surface area contributed by atoms with E-state index in [4.69, 9.17) is 4.74 Å². The summed E-state index contributed by atoms with van der Waals surface area (Å²) in [5.74, 6) is -11.5. The average molecular weight is 375 g/mol. The number of halogens is 7. The summed E-state index contributed by atoms with van der Waals surface area (Å²) in [6, 6.07) is 6.05. The number of rotatable bonds is 8. The van der Waals surface area contributed by atoms with E-state index in [-0.39, 0.29) is 5.56 Å². The molecular weight excluding hydrogens is 355 g/mol. The molecule has 1 unspecified atom stereocenters. The standard InChI is InChI=1S/C16H20F7NO/c1-4-24(5-2)12-9-7-6-8-11(12)13(25-3)10-14(17,18)15(19,20)16(21,22)23/h6-9,13H,4-5,10H2,1-3H3. The Morgan fingerprint density at radius 3 is 1.92 bits per heavy atom. The second kappa shape index (κ2) is 7.80. The lowest BCUT2D eigenvalue weighted by atomic mass is 9.96. The zero-order valence-corrected chi connectivity index (χ0v) is 14.0. The van der Waals surface area contributed by atoms with Crippen LogP contribution in [0.4, 0.5) is 36.4 Å². The second-order valence-corrected chi connectivity index (χ2v) is 5.44. The number of nitrogens with zero attached hydrogens (tertiary/aromatic N) is 1. The van der Waals surface area contributed by atoms with E-state index in [1.165, 1.54) is 12.1 Å². The molecule has 144 valence electrons. The van der Waals surface area contributed by atoms with Gasteiger partial charge in [0, 0.05) is 37.9 Å². The highest BCUT2D eigenvalue weighted by Crippen LogP contribution is 2.50. The molecule has 0 aromatic heterocycles.